The van der Waals surface area contributed by atoms with E-state index in [1.165, 1.54) is 90.8 Å². The van der Waals surface area contributed by atoms with Crippen LogP contribution in [0.1, 0.15) is 50.1 Å². The molecule has 0 atom stereocenters. The van der Waals surface area contributed by atoms with Gasteiger partial charge in [0.1, 0.15) is 0 Å². The summed E-state index contributed by atoms with van der Waals surface area (Å²) >= 11 is 0. The van der Waals surface area contributed by atoms with Gasteiger partial charge in [0.15, 0.2) is 0 Å². The van der Waals surface area contributed by atoms with E-state index in [4.69, 9.17) is 0 Å². The molecule has 0 radical (unpaired) electrons. The Morgan fingerprint density at radius 1 is 0.382 bits per heavy atom. The maximum atomic E-state index is 2.35. The van der Waals surface area contributed by atoms with Crippen molar-refractivity contribution < 1.29 is 56.6 Å². The van der Waals surface area contributed by atoms with E-state index in [-0.39, 0.29) is 63.6 Å². The first kappa shape index (κ1) is 35.2. The Balaban J connectivity index is 0.00000363. The molecule has 0 aromatic heterocycles. The topological polar surface area (TPSA) is 0 Å². The van der Waals surface area contributed by atoms with Gasteiger partial charge in [0, 0.05) is 0 Å². The van der Waals surface area contributed by atoms with Crippen LogP contribution in [0.15, 0.2) is 36.4 Å². The summed E-state index contributed by atoms with van der Waals surface area (Å²) in [7, 11) is 4.48. The third-order valence-electron chi connectivity index (χ3n) is 5.47. The van der Waals surface area contributed by atoms with Crippen molar-refractivity contribution in [3.05, 3.63) is 86.5 Å². The van der Waals surface area contributed by atoms with Crippen LogP contribution in [0.5, 0.6) is 0 Å². The van der Waals surface area contributed by atoms with Crippen molar-refractivity contribution in [2.75, 3.05) is 0 Å². The van der Waals surface area contributed by atoms with Crippen LogP contribution in [0.25, 0.3) is 0 Å². The Labute approximate surface area is 251 Å². The minimum atomic E-state index is -0.299. The smallest absolute Gasteiger partial charge is 0.589 e. The maximum Gasteiger partial charge on any atom is 1.00 e. The van der Waals surface area contributed by atoms with Crippen LogP contribution >= 0.6 is 31.8 Å². The molecule has 0 N–H and O–H groups in total. The predicted molar refractivity (Wildman–Crippen MR) is 149 cm³/mol. The number of aryl methyl sites for hydroxylation is 9. The Hall–Kier alpha value is 1.17. The fraction of sp³-hybridized carbons (Fsp3) is 0.333. The molecule has 3 aromatic carbocycles. The molecule has 7 heteroatoms. The molecular weight excluding hydrogens is 469 g/mol. The minimum absolute atomic E-state index is 0. The van der Waals surface area contributed by atoms with Crippen LogP contribution in [-0.2, 0) is 0 Å². The van der Waals surface area contributed by atoms with Gasteiger partial charge in [-0.3, -0.25) is 0 Å². The molecule has 0 spiro atoms. The van der Waals surface area contributed by atoms with E-state index in [0.29, 0.717) is 0 Å². The Morgan fingerprint density at radius 2 is 0.559 bits per heavy atom. The van der Waals surface area contributed by atoms with Crippen molar-refractivity contribution in [2.24, 2.45) is 0 Å². The molecule has 0 bridgehead atoms. The normalized spacial score (nSPS) is 12.3. The monoisotopic (exact) mass is 502 g/mol. The van der Waals surface area contributed by atoms with E-state index in [1.807, 2.05) is 0 Å². The number of benzene rings is 3. The van der Waals surface area contributed by atoms with E-state index < -0.39 is 0 Å². The number of hydrogen-bond donors (Lipinski definition) is 0. The predicted octanol–water partition coefficient (Wildman–Crippen LogP) is -0.184. The summed E-state index contributed by atoms with van der Waals surface area (Å²) in [5.74, 6) is 0. The van der Waals surface area contributed by atoms with Gasteiger partial charge in [0.05, 0.1) is 0 Å². The first-order valence-electron chi connectivity index (χ1n) is 10.7. The summed E-state index contributed by atoms with van der Waals surface area (Å²) in [5, 5.41) is 4.59. The number of hydrogen-bond acceptors (Lipinski definition) is 0. The molecule has 0 saturated carbocycles. The zero-order valence-electron chi connectivity index (χ0n) is 23.3. The molecule has 0 nitrogen and oxygen atoms in total. The summed E-state index contributed by atoms with van der Waals surface area (Å²) in [6.07, 6.45) is 0. The van der Waals surface area contributed by atoms with E-state index in [9.17, 15) is 0 Å². The molecule has 0 aliphatic rings. The molecule has 0 saturated heterocycles. The second-order valence-electron chi connectivity index (χ2n) is 8.81. The third-order valence-corrected chi connectivity index (χ3v) is 17.0. The quantitative estimate of drug-likeness (QED) is 0.324. The van der Waals surface area contributed by atoms with Crippen LogP contribution in [-0.4, -0.2) is 0 Å². The molecular formula is C27H33Li3P4. The molecule has 0 aliphatic carbocycles. The van der Waals surface area contributed by atoms with Gasteiger partial charge in [-0.05, 0) is 62.3 Å². The average molecular weight is 502 g/mol. The van der Waals surface area contributed by atoms with Gasteiger partial charge in [0.25, 0.3) is 0 Å². The zero-order chi connectivity index (χ0) is 22.9. The van der Waals surface area contributed by atoms with Gasteiger partial charge in [-0.25, -0.2) is 0 Å². The van der Waals surface area contributed by atoms with Crippen molar-refractivity contribution in [2.45, 2.75) is 62.3 Å². The second kappa shape index (κ2) is 15.6. The Bertz CT molecular complexity index is 918. The van der Waals surface area contributed by atoms with Crippen molar-refractivity contribution in [3.63, 3.8) is 0 Å². The van der Waals surface area contributed by atoms with Gasteiger partial charge >= 0.3 is 56.6 Å². The van der Waals surface area contributed by atoms with Gasteiger partial charge < -0.3 is 31.8 Å². The summed E-state index contributed by atoms with van der Waals surface area (Å²) in [6, 6.07) is 14.1. The third kappa shape index (κ3) is 9.18. The zero-order valence-corrected chi connectivity index (χ0v) is 26.8. The summed E-state index contributed by atoms with van der Waals surface area (Å²) < 4.78 is 0. The fourth-order valence-corrected chi connectivity index (χ4v) is 17.2. The van der Waals surface area contributed by atoms with Gasteiger partial charge in [-0.1, -0.05) is 86.5 Å². The molecule has 0 amide bonds. The summed E-state index contributed by atoms with van der Waals surface area (Å²) in [4.78, 5) is 0. The SMILES string of the molecule is Cc1cc(C)c([P-]P([P-]c2c(C)cc(C)cc2C)[P-]c2c(C)cc(C)cc2C)c(C)c1.[Li+].[Li+].[Li+]. The second-order valence-corrected chi connectivity index (χ2v) is 19.5. The van der Waals surface area contributed by atoms with Gasteiger partial charge in [-0.2, -0.15) is 15.9 Å². The van der Waals surface area contributed by atoms with Crippen LogP contribution in [0, 0.1) is 62.3 Å². The van der Waals surface area contributed by atoms with Crippen LogP contribution in [0.2, 0.25) is 0 Å². The summed E-state index contributed by atoms with van der Waals surface area (Å²) in [6.45, 7) is 20.0. The molecule has 3 rings (SSSR count). The van der Waals surface area contributed by atoms with Crippen molar-refractivity contribution in [1.82, 2.24) is 0 Å². The van der Waals surface area contributed by atoms with Crippen LogP contribution in [0.3, 0.4) is 0 Å². The summed E-state index contributed by atoms with van der Waals surface area (Å²) in [5.41, 5.74) is 12.7. The van der Waals surface area contributed by atoms with Crippen LogP contribution < -0.4 is 72.5 Å². The maximum absolute atomic E-state index is 2.35. The Morgan fingerprint density at radius 3 is 0.735 bits per heavy atom. The molecule has 0 unspecified atom stereocenters. The number of rotatable bonds is 6. The van der Waals surface area contributed by atoms with Crippen LogP contribution in [0.4, 0.5) is 0 Å². The molecule has 3 aromatic rings. The molecule has 0 fully saturated rings. The first-order valence-corrected chi connectivity index (χ1v) is 16.9. The molecule has 34 heavy (non-hydrogen) atoms. The van der Waals surface area contributed by atoms with Crippen molar-refractivity contribution in [1.29, 1.82) is 0 Å². The van der Waals surface area contributed by atoms with Crippen molar-refractivity contribution >= 4 is 47.7 Å². The standard InChI is InChI=1S/C27H33P4.3Li/c1-16-10-19(4)25(20(5)11-16)28-31(29-26-21(6)12-17(2)13-22(26)7)30-27-23(8)14-18(3)15-24(27)9;;;/h10-15H,1-9H3;;;/q-3;3*+1. The molecule has 0 aliphatic heterocycles. The van der Waals surface area contributed by atoms with E-state index in [1.54, 1.807) is 0 Å². The van der Waals surface area contributed by atoms with Gasteiger partial charge in [-0.15, -0.1) is 0 Å². The first-order chi connectivity index (χ1) is 14.5. The van der Waals surface area contributed by atoms with E-state index >= 15 is 0 Å². The van der Waals surface area contributed by atoms with Gasteiger partial charge in [0.2, 0.25) is 0 Å². The molecule has 164 valence electrons. The van der Waals surface area contributed by atoms with E-state index in [2.05, 4.69) is 98.7 Å². The largest absolute Gasteiger partial charge is 1.00 e. The fourth-order valence-electron chi connectivity index (χ4n) is 4.33. The minimum Gasteiger partial charge on any atom is -0.589 e. The average Bonchev–Trinajstić information content (AvgIpc) is 2.63. The Kier molecular flexibility index (Phi) is 16.1. The molecule has 0 heterocycles. The van der Waals surface area contributed by atoms with Crippen molar-refractivity contribution in [3.8, 4) is 0 Å². The van der Waals surface area contributed by atoms with E-state index in [0.717, 1.165) is 0 Å².